The molecule has 0 aliphatic carbocycles. The number of rotatable bonds is 6. The molecule has 2 atom stereocenters. The Morgan fingerprint density at radius 3 is 2.81 bits per heavy atom. The maximum absolute atomic E-state index is 13.9. The van der Waals surface area contributed by atoms with Gasteiger partial charge in [0.15, 0.2) is 0 Å². The lowest BCUT2D eigenvalue weighted by molar-refractivity contribution is -0.122. The van der Waals surface area contributed by atoms with Gasteiger partial charge < -0.3 is 20.3 Å². The predicted molar refractivity (Wildman–Crippen MR) is 144 cm³/mol. The van der Waals surface area contributed by atoms with Crippen LogP contribution < -0.4 is 15.4 Å². The predicted octanol–water partition coefficient (Wildman–Crippen LogP) is 4.68. The van der Waals surface area contributed by atoms with Crippen LogP contribution in [0.4, 0.5) is 5.69 Å². The van der Waals surface area contributed by atoms with Gasteiger partial charge in [0, 0.05) is 48.4 Å². The van der Waals surface area contributed by atoms with Crippen LogP contribution in [0.3, 0.4) is 0 Å². The van der Waals surface area contributed by atoms with Gasteiger partial charge >= 0.3 is 0 Å². The Bertz CT molecular complexity index is 1280. The van der Waals surface area contributed by atoms with E-state index in [0.717, 1.165) is 47.5 Å². The second kappa shape index (κ2) is 10.6. The molecule has 3 aromatic rings. The molecule has 2 amide bonds. The van der Waals surface area contributed by atoms with Crippen molar-refractivity contribution in [2.24, 2.45) is 0 Å². The summed E-state index contributed by atoms with van der Waals surface area (Å²) < 4.78 is 5.69. The number of nitrogens with one attached hydrogen (secondary N) is 2. The normalized spacial score (nSPS) is 21.4. The largest absolute Gasteiger partial charge is 0.496 e. The van der Waals surface area contributed by atoms with Crippen molar-refractivity contribution in [3.05, 3.63) is 89.2 Å². The summed E-state index contributed by atoms with van der Waals surface area (Å²) in [6.45, 7) is 3.60. The average Bonchev–Trinajstić information content (AvgIpc) is 3.18. The van der Waals surface area contributed by atoms with Crippen LogP contribution in [0.25, 0.3) is 0 Å². The molecule has 0 unspecified atom stereocenters. The van der Waals surface area contributed by atoms with Crippen molar-refractivity contribution in [2.75, 3.05) is 25.5 Å². The van der Waals surface area contributed by atoms with E-state index in [1.165, 1.54) is 0 Å². The van der Waals surface area contributed by atoms with Crippen molar-refractivity contribution in [3.8, 4) is 5.75 Å². The molecule has 7 nitrogen and oxygen atoms in total. The zero-order chi connectivity index (χ0) is 25.8. The van der Waals surface area contributed by atoms with Crippen molar-refractivity contribution >= 4 is 17.5 Å². The number of hydrogen-bond acceptors (Lipinski definition) is 5. The van der Waals surface area contributed by atoms with Gasteiger partial charge in [0.05, 0.1) is 24.9 Å². The highest BCUT2D eigenvalue weighted by atomic mass is 16.5. The van der Waals surface area contributed by atoms with E-state index in [2.05, 4.69) is 21.7 Å². The number of hydrogen-bond donors (Lipinski definition) is 2. The maximum Gasteiger partial charge on any atom is 0.254 e. The summed E-state index contributed by atoms with van der Waals surface area (Å²) in [7, 11) is 1.67. The van der Waals surface area contributed by atoms with Crippen LogP contribution in [-0.2, 0) is 11.3 Å². The Hall–Kier alpha value is -3.87. The fourth-order valence-corrected chi connectivity index (χ4v) is 5.74. The highest BCUT2D eigenvalue weighted by Gasteiger charge is 2.50. The van der Waals surface area contributed by atoms with Crippen molar-refractivity contribution in [1.82, 2.24) is 15.2 Å². The van der Waals surface area contributed by atoms with Gasteiger partial charge in [0.1, 0.15) is 5.75 Å². The molecule has 2 aliphatic heterocycles. The standard InChI is InChI=1S/C30H34N4O3/c1-21-13-14-22(17-26(21)32-18-23-9-6-8-16-31-23)29(36)34-19-25(24-10-3-4-11-27(24)37-2)30(20-34)15-7-5-12-28(35)33-30/h3-4,6,8-11,13-14,16-17,25,32H,5,7,12,15,18-20H2,1-2H3,(H,33,35)/t25-,30+/m0/s1. The highest BCUT2D eigenvalue weighted by molar-refractivity contribution is 5.96. The smallest absolute Gasteiger partial charge is 0.254 e. The first kappa shape index (κ1) is 24.8. The zero-order valence-corrected chi connectivity index (χ0v) is 21.5. The van der Waals surface area contributed by atoms with E-state index in [0.29, 0.717) is 31.6 Å². The van der Waals surface area contributed by atoms with Crippen LogP contribution in [-0.4, -0.2) is 47.4 Å². The third-order valence-electron chi connectivity index (χ3n) is 7.68. The summed E-state index contributed by atoms with van der Waals surface area (Å²) in [4.78, 5) is 32.9. The van der Waals surface area contributed by atoms with Crippen LogP contribution in [0.15, 0.2) is 66.9 Å². The number of aromatic nitrogens is 1. The fourth-order valence-electron chi connectivity index (χ4n) is 5.74. The molecule has 2 N–H and O–H groups in total. The molecule has 2 fully saturated rings. The van der Waals surface area contributed by atoms with Gasteiger partial charge in [-0.25, -0.2) is 0 Å². The average molecular weight is 499 g/mol. The van der Waals surface area contributed by atoms with Gasteiger partial charge in [-0.05, 0) is 55.7 Å². The van der Waals surface area contributed by atoms with Crippen molar-refractivity contribution in [2.45, 2.75) is 50.6 Å². The summed E-state index contributed by atoms with van der Waals surface area (Å²) in [5, 5.41) is 6.77. The molecule has 0 radical (unpaired) electrons. The number of methoxy groups -OCH3 is 1. The summed E-state index contributed by atoms with van der Waals surface area (Å²) in [5.74, 6) is 0.761. The number of ether oxygens (including phenoxy) is 1. The van der Waals surface area contributed by atoms with Gasteiger partial charge in [-0.2, -0.15) is 0 Å². The summed E-state index contributed by atoms with van der Waals surface area (Å²) >= 11 is 0. The second-order valence-electron chi connectivity index (χ2n) is 10.1. The number of benzene rings is 2. The molecule has 0 saturated carbocycles. The van der Waals surface area contributed by atoms with Crippen molar-refractivity contribution in [1.29, 1.82) is 0 Å². The Morgan fingerprint density at radius 2 is 2.00 bits per heavy atom. The topological polar surface area (TPSA) is 83.6 Å². The second-order valence-corrected chi connectivity index (χ2v) is 10.1. The molecule has 192 valence electrons. The van der Waals surface area contributed by atoms with Gasteiger partial charge in [-0.3, -0.25) is 14.6 Å². The molecule has 1 spiro atoms. The van der Waals surface area contributed by atoms with Crippen LogP contribution in [0.1, 0.15) is 58.8 Å². The lowest BCUT2D eigenvalue weighted by atomic mass is 9.78. The number of likely N-dealkylation sites (tertiary alicyclic amines) is 1. The van der Waals surface area contributed by atoms with Crippen LogP contribution in [0, 0.1) is 6.92 Å². The number of amides is 2. The molecule has 7 heteroatoms. The Balaban J connectivity index is 1.43. The third kappa shape index (κ3) is 5.17. The minimum atomic E-state index is -0.511. The van der Waals surface area contributed by atoms with E-state index >= 15 is 0 Å². The Labute approximate surface area is 218 Å². The highest BCUT2D eigenvalue weighted by Crippen LogP contribution is 2.44. The maximum atomic E-state index is 13.9. The van der Waals surface area contributed by atoms with Gasteiger partial charge in [0.2, 0.25) is 5.91 Å². The number of para-hydroxylation sites is 1. The number of aryl methyl sites for hydroxylation is 1. The number of nitrogens with zero attached hydrogens (tertiary/aromatic N) is 2. The molecule has 0 bridgehead atoms. The van der Waals surface area contributed by atoms with E-state index in [1.807, 2.05) is 66.4 Å². The Morgan fingerprint density at radius 1 is 1.16 bits per heavy atom. The SMILES string of the molecule is COc1ccccc1[C@@H]1CN(C(=O)c2ccc(C)c(NCc3ccccn3)c2)C[C@]12CCCCC(=O)N2. The number of carbonyl (C=O) groups excluding carboxylic acids is 2. The van der Waals surface area contributed by atoms with E-state index < -0.39 is 5.54 Å². The fraction of sp³-hybridized carbons (Fsp3) is 0.367. The summed E-state index contributed by atoms with van der Waals surface area (Å²) in [6.07, 6.45) is 4.94. The third-order valence-corrected chi connectivity index (χ3v) is 7.68. The van der Waals surface area contributed by atoms with Gasteiger partial charge in [-0.1, -0.05) is 36.8 Å². The number of anilines is 1. The summed E-state index contributed by atoms with van der Waals surface area (Å²) in [6, 6.07) is 19.6. The van der Waals surface area contributed by atoms with Gasteiger partial charge in [-0.15, -0.1) is 0 Å². The quantitative estimate of drug-likeness (QED) is 0.516. The van der Waals surface area contributed by atoms with Crippen LogP contribution in [0.2, 0.25) is 0 Å². The minimum absolute atomic E-state index is 0.0313. The first-order chi connectivity index (χ1) is 18.0. The van der Waals surface area contributed by atoms with Crippen LogP contribution >= 0.6 is 0 Å². The molecule has 2 aliphatic rings. The van der Waals surface area contributed by atoms with Gasteiger partial charge in [0.25, 0.3) is 5.91 Å². The molecular weight excluding hydrogens is 464 g/mol. The minimum Gasteiger partial charge on any atom is -0.496 e. The van der Waals surface area contributed by atoms with E-state index in [9.17, 15) is 9.59 Å². The van der Waals surface area contributed by atoms with Crippen LogP contribution in [0.5, 0.6) is 5.75 Å². The molecule has 37 heavy (non-hydrogen) atoms. The monoisotopic (exact) mass is 498 g/mol. The first-order valence-corrected chi connectivity index (χ1v) is 13.0. The van der Waals surface area contributed by atoms with E-state index in [1.54, 1.807) is 13.3 Å². The van der Waals surface area contributed by atoms with Crippen molar-refractivity contribution in [3.63, 3.8) is 0 Å². The first-order valence-electron chi connectivity index (χ1n) is 13.0. The number of carbonyl (C=O) groups is 2. The summed E-state index contributed by atoms with van der Waals surface area (Å²) in [5.41, 5.74) is 4.06. The molecular formula is C30H34N4O3. The lowest BCUT2D eigenvalue weighted by Crippen LogP contribution is -2.52. The van der Waals surface area contributed by atoms with E-state index in [-0.39, 0.29) is 17.7 Å². The number of pyridine rings is 1. The molecule has 1 aromatic heterocycles. The Kier molecular flexibility index (Phi) is 7.12. The van der Waals surface area contributed by atoms with Crippen molar-refractivity contribution < 1.29 is 14.3 Å². The van der Waals surface area contributed by atoms with E-state index in [4.69, 9.17) is 4.74 Å². The molecule has 2 aromatic carbocycles. The molecule has 5 rings (SSSR count). The molecule has 3 heterocycles. The zero-order valence-electron chi connectivity index (χ0n) is 21.5. The molecule has 2 saturated heterocycles. The lowest BCUT2D eigenvalue weighted by Gasteiger charge is -2.35.